The largest absolute Gasteiger partial charge is 0.339 e. The molecule has 0 aliphatic carbocycles. The van der Waals surface area contributed by atoms with Gasteiger partial charge in [0.25, 0.3) is 0 Å². The van der Waals surface area contributed by atoms with E-state index in [2.05, 4.69) is 23.6 Å². The summed E-state index contributed by atoms with van der Waals surface area (Å²) in [7, 11) is 0. The number of rotatable bonds is 4. The lowest BCUT2D eigenvalue weighted by molar-refractivity contribution is -0.136. The second-order valence-electron chi connectivity index (χ2n) is 8.52. The number of piperazine rings is 1. The molecule has 2 heterocycles. The van der Waals surface area contributed by atoms with E-state index >= 15 is 0 Å². The maximum absolute atomic E-state index is 12.5. The van der Waals surface area contributed by atoms with Crippen molar-refractivity contribution in [1.82, 2.24) is 14.7 Å². The number of hydrogen-bond donors (Lipinski definition) is 1. The van der Waals surface area contributed by atoms with Crippen LogP contribution in [0.2, 0.25) is 0 Å². The Kier molecular flexibility index (Phi) is 6.09. The Bertz CT molecular complexity index is 388. The van der Waals surface area contributed by atoms with Crippen LogP contribution >= 0.6 is 0 Å². The van der Waals surface area contributed by atoms with Crippen molar-refractivity contribution in [2.45, 2.75) is 65.6 Å². The first-order valence-electron chi connectivity index (χ1n) is 9.22. The Morgan fingerprint density at radius 1 is 1.04 bits per heavy atom. The van der Waals surface area contributed by atoms with Crippen molar-refractivity contribution in [2.75, 3.05) is 39.3 Å². The van der Waals surface area contributed by atoms with Gasteiger partial charge in [0.15, 0.2) is 0 Å². The average Bonchev–Trinajstić information content (AvgIpc) is 2.82. The fraction of sp³-hybridized carbons (Fsp3) is 0.944. The number of carbonyl (C=O) groups is 1. The predicted molar refractivity (Wildman–Crippen MR) is 95.3 cm³/mol. The van der Waals surface area contributed by atoms with Gasteiger partial charge in [-0.1, -0.05) is 20.8 Å². The van der Waals surface area contributed by atoms with E-state index in [0.29, 0.717) is 0 Å². The monoisotopic (exact) mass is 324 g/mol. The van der Waals surface area contributed by atoms with E-state index in [1.807, 2.05) is 25.7 Å². The summed E-state index contributed by atoms with van der Waals surface area (Å²) >= 11 is 0. The summed E-state index contributed by atoms with van der Waals surface area (Å²) in [6, 6.07) is 1.04. The maximum atomic E-state index is 12.5. The van der Waals surface area contributed by atoms with Gasteiger partial charge in [-0.2, -0.15) is 0 Å². The highest BCUT2D eigenvalue weighted by Crippen LogP contribution is 2.23. The molecule has 3 atom stereocenters. The fourth-order valence-corrected chi connectivity index (χ4v) is 3.71. The number of nitrogens with zero attached hydrogens (tertiary/aromatic N) is 3. The molecule has 2 aliphatic heterocycles. The summed E-state index contributed by atoms with van der Waals surface area (Å²) in [6.45, 7) is 16.6. The molecule has 2 saturated heterocycles. The Labute approximate surface area is 142 Å². The molecule has 0 aromatic heterocycles. The number of amides is 1. The number of carbonyl (C=O) groups excluding carboxylic acids is 1. The molecule has 0 radical (unpaired) electrons. The molecule has 2 fully saturated rings. The first kappa shape index (κ1) is 18.7. The molecule has 1 amide bonds. The highest BCUT2D eigenvalue weighted by Gasteiger charge is 2.33. The SMILES string of the molecule is CC1CCC(C)N1CCN1CCN(C(=O)[C@@H](N)C(C)(C)C)CC1. The van der Waals surface area contributed by atoms with Gasteiger partial charge in [-0.05, 0) is 32.1 Å². The van der Waals surface area contributed by atoms with Crippen molar-refractivity contribution in [1.29, 1.82) is 0 Å². The molecule has 134 valence electrons. The average molecular weight is 325 g/mol. The third-order valence-corrected chi connectivity index (χ3v) is 5.69. The van der Waals surface area contributed by atoms with Gasteiger partial charge in [-0.15, -0.1) is 0 Å². The first-order valence-corrected chi connectivity index (χ1v) is 9.22. The van der Waals surface area contributed by atoms with Crippen LogP contribution in [0.3, 0.4) is 0 Å². The minimum absolute atomic E-state index is 0.110. The molecular formula is C18H36N4O. The smallest absolute Gasteiger partial charge is 0.240 e. The van der Waals surface area contributed by atoms with Crippen molar-refractivity contribution in [3.8, 4) is 0 Å². The maximum Gasteiger partial charge on any atom is 0.240 e. The minimum atomic E-state index is -0.402. The summed E-state index contributed by atoms with van der Waals surface area (Å²) in [4.78, 5) is 19.6. The lowest BCUT2D eigenvalue weighted by Gasteiger charge is -2.39. The molecule has 0 aromatic carbocycles. The van der Waals surface area contributed by atoms with E-state index in [1.165, 1.54) is 12.8 Å². The van der Waals surface area contributed by atoms with Crippen LogP contribution in [0.15, 0.2) is 0 Å². The molecule has 2 aliphatic rings. The van der Waals surface area contributed by atoms with Gasteiger partial charge in [0, 0.05) is 51.4 Å². The van der Waals surface area contributed by atoms with Crippen molar-refractivity contribution in [2.24, 2.45) is 11.1 Å². The lowest BCUT2D eigenvalue weighted by Crippen LogP contribution is -2.56. The Morgan fingerprint density at radius 2 is 1.57 bits per heavy atom. The zero-order chi connectivity index (χ0) is 17.2. The molecule has 23 heavy (non-hydrogen) atoms. The number of hydrogen-bond acceptors (Lipinski definition) is 4. The summed E-state index contributed by atoms with van der Waals surface area (Å²) in [5.41, 5.74) is 5.95. The van der Waals surface area contributed by atoms with Crippen LogP contribution in [-0.2, 0) is 4.79 Å². The number of likely N-dealkylation sites (tertiary alicyclic amines) is 1. The molecular weight excluding hydrogens is 288 g/mol. The fourth-order valence-electron chi connectivity index (χ4n) is 3.71. The molecule has 0 aromatic rings. The summed E-state index contributed by atoms with van der Waals surface area (Å²) < 4.78 is 0. The van der Waals surface area contributed by atoms with E-state index in [-0.39, 0.29) is 11.3 Å². The Morgan fingerprint density at radius 3 is 2.04 bits per heavy atom. The van der Waals surface area contributed by atoms with Gasteiger partial charge in [0.05, 0.1) is 6.04 Å². The van der Waals surface area contributed by atoms with Crippen LogP contribution in [-0.4, -0.2) is 78.0 Å². The Hall–Kier alpha value is -0.650. The summed E-state index contributed by atoms with van der Waals surface area (Å²) in [5, 5.41) is 0. The standard InChI is InChI=1S/C18H36N4O/c1-14-6-7-15(2)22(14)13-10-20-8-11-21(12-9-20)17(23)16(19)18(3,4)5/h14-16H,6-13,19H2,1-5H3/t14?,15?,16-/m1/s1. The molecule has 0 saturated carbocycles. The van der Waals surface area contributed by atoms with Crippen molar-refractivity contribution in [3.05, 3.63) is 0 Å². The molecule has 5 nitrogen and oxygen atoms in total. The third kappa shape index (κ3) is 4.68. The highest BCUT2D eigenvalue weighted by atomic mass is 16.2. The van der Waals surface area contributed by atoms with Gasteiger partial charge in [0.2, 0.25) is 5.91 Å². The molecule has 0 spiro atoms. The zero-order valence-corrected chi connectivity index (χ0v) is 15.7. The third-order valence-electron chi connectivity index (χ3n) is 5.69. The van der Waals surface area contributed by atoms with E-state index in [0.717, 1.165) is 51.4 Å². The quantitative estimate of drug-likeness (QED) is 0.849. The van der Waals surface area contributed by atoms with Crippen LogP contribution in [0.4, 0.5) is 0 Å². The molecule has 2 rings (SSSR count). The highest BCUT2D eigenvalue weighted by molar-refractivity contribution is 5.82. The molecule has 2 unspecified atom stereocenters. The summed E-state index contributed by atoms with van der Waals surface area (Å²) in [6.07, 6.45) is 2.66. The van der Waals surface area contributed by atoms with E-state index in [1.54, 1.807) is 0 Å². The van der Waals surface area contributed by atoms with Crippen LogP contribution in [0.1, 0.15) is 47.5 Å². The van der Waals surface area contributed by atoms with Crippen molar-refractivity contribution < 1.29 is 4.79 Å². The second kappa shape index (κ2) is 7.49. The lowest BCUT2D eigenvalue weighted by atomic mass is 9.86. The topological polar surface area (TPSA) is 52.8 Å². The normalized spacial score (nSPS) is 29.0. The van der Waals surface area contributed by atoms with E-state index in [4.69, 9.17) is 5.73 Å². The molecule has 2 N–H and O–H groups in total. The van der Waals surface area contributed by atoms with Gasteiger partial charge in [-0.25, -0.2) is 0 Å². The van der Waals surface area contributed by atoms with Gasteiger partial charge in [0.1, 0.15) is 0 Å². The predicted octanol–water partition coefficient (Wildman–Crippen LogP) is 1.38. The first-order chi connectivity index (χ1) is 10.7. The van der Waals surface area contributed by atoms with Gasteiger partial charge >= 0.3 is 0 Å². The van der Waals surface area contributed by atoms with Gasteiger partial charge < -0.3 is 10.6 Å². The van der Waals surface area contributed by atoms with Crippen LogP contribution in [0.25, 0.3) is 0 Å². The van der Waals surface area contributed by atoms with E-state index < -0.39 is 6.04 Å². The van der Waals surface area contributed by atoms with E-state index in [9.17, 15) is 4.79 Å². The van der Waals surface area contributed by atoms with Crippen LogP contribution in [0, 0.1) is 5.41 Å². The van der Waals surface area contributed by atoms with Crippen molar-refractivity contribution >= 4 is 5.91 Å². The van der Waals surface area contributed by atoms with Crippen LogP contribution < -0.4 is 5.73 Å². The second-order valence-corrected chi connectivity index (χ2v) is 8.52. The number of nitrogens with two attached hydrogens (primary N) is 1. The molecule has 0 bridgehead atoms. The minimum Gasteiger partial charge on any atom is -0.339 e. The Balaban J connectivity index is 1.75. The van der Waals surface area contributed by atoms with Crippen LogP contribution in [0.5, 0.6) is 0 Å². The molecule has 5 heteroatoms. The summed E-state index contributed by atoms with van der Waals surface area (Å²) in [5.74, 6) is 0.110. The van der Waals surface area contributed by atoms with Gasteiger partial charge in [-0.3, -0.25) is 14.6 Å². The van der Waals surface area contributed by atoms with Crippen molar-refractivity contribution in [3.63, 3.8) is 0 Å². The zero-order valence-electron chi connectivity index (χ0n) is 15.7.